The van der Waals surface area contributed by atoms with E-state index in [0.29, 0.717) is 28.9 Å². The summed E-state index contributed by atoms with van der Waals surface area (Å²) in [6, 6.07) is 8.76. The molecule has 0 aliphatic carbocycles. The van der Waals surface area contributed by atoms with E-state index in [-0.39, 0.29) is 5.75 Å². The molecule has 6 heteroatoms. The van der Waals surface area contributed by atoms with Crippen molar-refractivity contribution in [2.45, 2.75) is 39.5 Å². The Labute approximate surface area is 152 Å². The Kier molecular flexibility index (Phi) is 5.21. The van der Waals surface area contributed by atoms with Crippen molar-refractivity contribution in [1.29, 1.82) is 0 Å². The van der Waals surface area contributed by atoms with Crippen LogP contribution in [-0.2, 0) is 0 Å². The van der Waals surface area contributed by atoms with Gasteiger partial charge < -0.3 is 14.4 Å². The molecule has 6 nitrogen and oxygen atoms in total. The zero-order valence-corrected chi connectivity index (χ0v) is 15.5. The molecule has 0 saturated carbocycles. The molecule has 3 aromatic rings. The minimum Gasteiger partial charge on any atom is -0.508 e. The van der Waals surface area contributed by atoms with Gasteiger partial charge in [0.1, 0.15) is 11.5 Å². The number of rotatable bonds is 6. The molecule has 2 heterocycles. The number of nitrogens with zero attached hydrogens (tertiary/aromatic N) is 3. The van der Waals surface area contributed by atoms with Gasteiger partial charge >= 0.3 is 0 Å². The number of hydrogen-bond acceptors (Lipinski definition) is 6. The van der Waals surface area contributed by atoms with E-state index < -0.39 is 0 Å². The van der Waals surface area contributed by atoms with Gasteiger partial charge in [-0.05, 0) is 44.0 Å². The number of hydrogen-bond donors (Lipinski definition) is 1. The summed E-state index contributed by atoms with van der Waals surface area (Å²) in [6.45, 7) is 6.30. The van der Waals surface area contributed by atoms with Gasteiger partial charge in [-0.2, -0.15) is 4.98 Å². The third kappa shape index (κ3) is 3.54. The fraction of sp³-hybridized carbons (Fsp3) is 0.350. The number of aryl methyl sites for hydroxylation is 1. The second kappa shape index (κ2) is 7.56. The first-order chi connectivity index (χ1) is 12.5. The lowest BCUT2D eigenvalue weighted by atomic mass is 9.97. The zero-order valence-electron chi connectivity index (χ0n) is 15.5. The van der Waals surface area contributed by atoms with Crippen molar-refractivity contribution in [1.82, 2.24) is 15.1 Å². The van der Waals surface area contributed by atoms with E-state index in [9.17, 15) is 5.11 Å². The van der Waals surface area contributed by atoms with E-state index in [1.165, 1.54) is 13.2 Å². The normalized spacial score (nSPS) is 11.1. The van der Waals surface area contributed by atoms with Gasteiger partial charge in [-0.3, -0.25) is 4.98 Å². The molecule has 3 rings (SSSR count). The van der Waals surface area contributed by atoms with Crippen LogP contribution in [0.2, 0.25) is 0 Å². The van der Waals surface area contributed by atoms with Crippen LogP contribution in [0.3, 0.4) is 0 Å². The number of methoxy groups -OCH3 is 1. The largest absolute Gasteiger partial charge is 0.508 e. The Morgan fingerprint density at radius 2 is 1.88 bits per heavy atom. The van der Waals surface area contributed by atoms with Gasteiger partial charge in [-0.1, -0.05) is 19.0 Å². The molecular weight excluding hydrogens is 330 g/mol. The van der Waals surface area contributed by atoms with Crippen molar-refractivity contribution >= 4 is 0 Å². The van der Waals surface area contributed by atoms with Crippen LogP contribution in [0, 0.1) is 6.92 Å². The molecule has 0 radical (unpaired) electrons. The molecule has 0 fully saturated rings. The highest BCUT2D eigenvalue weighted by Crippen LogP contribution is 2.33. The van der Waals surface area contributed by atoms with Gasteiger partial charge in [-0.25, -0.2) is 0 Å². The van der Waals surface area contributed by atoms with Gasteiger partial charge in [0.15, 0.2) is 0 Å². The fourth-order valence-corrected chi connectivity index (χ4v) is 3.05. The molecule has 0 spiro atoms. The van der Waals surface area contributed by atoms with E-state index in [1.54, 1.807) is 12.1 Å². The van der Waals surface area contributed by atoms with Crippen LogP contribution >= 0.6 is 0 Å². The molecule has 0 aliphatic heterocycles. The number of benzene rings is 1. The first-order valence-electron chi connectivity index (χ1n) is 8.75. The molecule has 0 aliphatic rings. The molecule has 0 unspecified atom stereocenters. The third-order valence-electron chi connectivity index (χ3n) is 4.48. The summed E-state index contributed by atoms with van der Waals surface area (Å²) in [5, 5.41) is 13.7. The molecule has 0 amide bonds. The van der Waals surface area contributed by atoms with E-state index >= 15 is 0 Å². The zero-order chi connectivity index (χ0) is 18.7. The second-order valence-corrected chi connectivity index (χ2v) is 6.24. The highest BCUT2D eigenvalue weighted by atomic mass is 16.5. The maximum atomic E-state index is 9.61. The minimum absolute atomic E-state index is 0.119. The van der Waals surface area contributed by atoms with Crippen molar-refractivity contribution in [3.05, 3.63) is 41.7 Å². The summed E-state index contributed by atoms with van der Waals surface area (Å²) in [7, 11) is 1.54. The van der Waals surface area contributed by atoms with Gasteiger partial charge in [0.25, 0.3) is 5.89 Å². The van der Waals surface area contributed by atoms with Gasteiger partial charge in [0.05, 0.1) is 12.7 Å². The smallest absolute Gasteiger partial charge is 0.258 e. The van der Waals surface area contributed by atoms with Crippen LogP contribution in [0.25, 0.3) is 22.8 Å². The van der Waals surface area contributed by atoms with E-state index in [4.69, 9.17) is 9.26 Å². The van der Waals surface area contributed by atoms with Crippen molar-refractivity contribution in [2.24, 2.45) is 0 Å². The molecule has 0 atom stereocenters. The van der Waals surface area contributed by atoms with Crippen molar-refractivity contribution < 1.29 is 14.4 Å². The van der Waals surface area contributed by atoms with Crippen LogP contribution in [0.5, 0.6) is 11.5 Å². The highest BCUT2D eigenvalue weighted by Gasteiger charge is 2.17. The van der Waals surface area contributed by atoms with Crippen LogP contribution in [-0.4, -0.2) is 27.3 Å². The summed E-state index contributed by atoms with van der Waals surface area (Å²) >= 11 is 0. The lowest BCUT2D eigenvalue weighted by Gasteiger charge is -2.13. The molecule has 0 saturated heterocycles. The van der Waals surface area contributed by atoms with E-state index in [0.717, 1.165) is 29.8 Å². The summed E-state index contributed by atoms with van der Waals surface area (Å²) in [4.78, 5) is 9.18. The predicted octanol–water partition coefficient (Wildman–Crippen LogP) is 4.72. The topological polar surface area (TPSA) is 81.3 Å². The van der Waals surface area contributed by atoms with Crippen LogP contribution in [0.15, 0.2) is 34.9 Å². The standard InChI is InChI=1S/C20H23N3O3/c1-5-13(6-2)17-10-14(9-12(3)21-17)20-22-19(23-26-20)16-8-7-15(24)11-18(16)25-4/h7-11,13,24H,5-6H2,1-4H3. The maximum Gasteiger partial charge on any atom is 0.258 e. The SMILES string of the molecule is CCC(CC)c1cc(-c2nc(-c3ccc(O)cc3OC)no2)cc(C)n1. The number of phenolic OH excluding ortho intramolecular Hbond substituents is 1. The molecular formula is C20H23N3O3. The molecule has 1 N–H and O–H groups in total. The molecule has 136 valence electrons. The minimum atomic E-state index is 0.119. The average molecular weight is 353 g/mol. The number of phenols is 1. The second-order valence-electron chi connectivity index (χ2n) is 6.24. The van der Waals surface area contributed by atoms with Crippen LogP contribution in [0.4, 0.5) is 0 Å². The van der Waals surface area contributed by atoms with Gasteiger partial charge in [-0.15, -0.1) is 0 Å². The fourth-order valence-electron chi connectivity index (χ4n) is 3.05. The molecule has 2 aromatic heterocycles. The van der Waals surface area contributed by atoms with Gasteiger partial charge in [0, 0.05) is 28.9 Å². The Hall–Kier alpha value is -2.89. The Morgan fingerprint density at radius 3 is 2.58 bits per heavy atom. The monoisotopic (exact) mass is 353 g/mol. The number of aromatic hydroxyl groups is 1. The Balaban J connectivity index is 2.00. The summed E-state index contributed by atoms with van der Waals surface area (Å²) in [5.74, 6) is 1.87. The van der Waals surface area contributed by atoms with E-state index in [1.807, 2.05) is 19.1 Å². The number of aromatic nitrogens is 3. The average Bonchev–Trinajstić information content (AvgIpc) is 3.12. The Bertz CT molecular complexity index is 901. The first kappa shape index (κ1) is 17.9. The number of pyridine rings is 1. The van der Waals surface area contributed by atoms with E-state index in [2.05, 4.69) is 29.0 Å². The first-order valence-corrected chi connectivity index (χ1v) is 8.75. The maximum absolute atomic E-state index is 9.61. The molecule has 0 bridgehead atoms. The highest BCUT2D eigenvalue weighted by molar-refractivity contribution is 5.67. The summed E-state index contributed by atoms with van der Waals surface area (Å²) in [6.07, 6.45) is 2.07. The quantitative estimate of drug-likeness (QED) is 0.690. The molecule has 1 aromatic carbocycles. The Morgan fingerprint density at radius 1 is 1.12 bits per heavy atom. The lowest BCUT2D eigenvalue weighted by Crippen LogP contribution is -2.01. The number of ether oxygens (including phenoxy) is 1. The van der Waals surface area contributed by atoms with Crippen molar-refractivity contribution in [3.63, 3.8) is 0 Å². The van der Waals surface area contributed by atoms with Gasteiger partial charge in [0.2, 0.25) is 5.82 Å². The molecule has 26 heavy (non-hydrogen) atoms. The predicted molar refractivity (Wildman–Crippen MR) is 99.2 cm³/mol. The van der Waals surface area contributed by atoms with Crippen molar-refractivity contribution in [2.75, 3.05) is 7.11 Å². The van der Waals surface area contributed by atoms with Crippen LogP contribution < -0.4 is 4.74 Å². The third-order valence-corrected chi connectivity index (χ3v) is 4.48. The lowest BCUT2D eigenvalue weighted by molar-refractivity contribution is 0.407. The van der Waals surface area contributed by atoms with Crippen molar-refractivity contribution in [3.8, 4) is 34.3 Å². The van der Waals surface area contributed by atoms with Crippen LogP contribution in [0.1, 0.15) is 44.0 Å². The summed E-state index contributed by atoms with van der Waals surface area (Å²) in [5.41, 5.74) is 3.49. The summed E-state index contributed by atoms with van der Waals surface area (Å²) < 4.78 is 10.8.